The second kappa shape index (κ2) is 4.98. The van der Waals surface area contributed by atoms with Crippen LogP contribution in [0, 0.1) is 0 Å². The summed E-state index contributed by atoms with van der Waals surface area (Å²) >= 11 is 4.09. The lowest BCUT2D eigenvalue weighted by atomic mass is 10.3. The van der Waals surface area contributed by atoms with Crippen LogP contribution in [0.3, 0.4) is 0 Å². The quantitative estimate of drug-likeness (QED) is 0.558. The Bertz CT molecular complexity index is 284. The second-order valence-electron chi connectivity index (χ2n) is 2.53. The van der Waals surface area contributed by atoms with Crippen LogP contribution in [0.25, 0.3) is 0 Å². The zero-order valence-electron chi connectivity index (χ0n) is 6.81. The van der Waals surface area contributed by atoms with Crippen molar-refractivity contribution < 1.29 is 0 Å². The molecule has 3 nitrogen and oxygen atoms in total. The van der Waals surface area contributed by atoms with E-state index in [2.05, 4.69) is 17.6 Å². The van der Waals surface area contributed by atoms with Gasteiger partial charge < -0.3 is 0 Å². The van der Waals surface area contributed by atoms with Gasteiger partial charge in [-0.2, -0.15) is 12.6 Å². The molecule has 0 atom stereocenters. The van der Waals surface area contributed by atoms with Crippen LogP contribution in [0.4, 0.5) is 0 Å². The lowest BCUT2D eigenvalue weighted by Gasteiger charge is -2.01. The van der Waals surface area contributed by atoms with Crippen LogP contribution in [-0.2, 0) is 6.54 Å². The normalized spacial score (nSPS) is 10.1. The van der Waals surface area contributed by atoms with Crippen LogP contribution in [0.2, 0.25) is 0 Å². The molecule has 1 aromatic rings. The van der Waals surface area contributed by atoms with E-state index in [1.807, 2.05) is 0 Å². The van der Waals surface area contributed by atoms with Crippen molar-refractivity contribution in [3.8, 4) is 0 Å². The van der Waals surface area contributed by atoms with Crippen molar-refractivity contribution >= 4 is 12.6 Å². The molecule has 0 aliphatic rings. The molecule has 12 heavy (non-hydrogen) atoms. The van der Waals surface area contributed by atoms with Crippen LogP contribution in [-0.4, -0.2) is 15.3 Å². The number of hydrogen-bond acceptors (Lipinski definition) is 3. The minimum atomic E-state index is -0.170. The number of rotatable bonds is 4. The minimum absolute atomic E-state index is 0.170. The largest absolute Gasteiger partial charge is 0.347 e. The first-order chi connectivity index (χ1) is 5.84. The highest BCUT2D eigenvalue weighted by Gasteiger charge is 1.93. The van der Waals surface area contributed by atoms with Gasteiger partial charge in [0.2, 0.25) is 0 Å². The van der Waals surface area contributed by atoms with Crippen molar-refractivity contribution in [1.82, 2.24) is 9.55 Å². The fourth-order valence-corrected chi connectivity index (χ4v) is 1.17. The Kier molecular flexibility index (Phi) is 3.87. The molecule has 0 saturated carbocycles. The summed E-state index contributed by atoms with van der Waals surface area (Å²) in [5, 5.41) is 0. The molecule has 0 spiro atoms. The molecule has 4 heteroatoms. The fraction of sp³-hybridized carbons (Fsp3) is 0.500. The topological polar surface area (TPSA) is 34.9 Å². The molecule has 0 bridgehead atoms. The maximum absolute atomic E-state index is 11.0. The van der Waals surface area contributed by atoms with E-state index in [4.69, 9.17) is 0 Å². The molecule has 1 rings (SSSR count). The molecule has 0 radical (unpaired) electrons. The summed E-state index contributed by atoms with van der Waals surface area (Å²) in [4.78, 5) is 14.7. The molecule has 0 saturated heterocycles. The molecule has 1 aromatic heterocycles. The summed E-state index contributed by atoms with van der Waals surface area (Å²) in [6.45, 7) is 0.743. The number of unbranched alkanes of at least 4 members (excludes halogenated alkanes) is 1. The molecule has 0 fully saturated rings. The molecular weight excluding hydrogens is 172 g/mol. The smallest absolute Gasteiger partial charge is 0.299 e. The van der Waals surface area contributed by atoms with E-state index in [1.165, 1.54) is 6.20 Å². The van der Waals surface area contributed by atoms with Gasteiger partial charge in [0.15, 0.2) is 0 Å². The molecule has 1 heterocycles. The summed E-state index contributed by atoms with van der Waals surface area (Å²) in [6, 6.07) is 1.77. The summed E-state index contributed by atoms with van der Waals surface area (Å²) in [5.74, 6) is 0.870. The third-order valence-electron chi connectivity index (χ3n) is 1.59. The zero-order chi connectivity index (χ0) is 8.81. The Balaban J connectivity index is 2.52. The average molecular weight is 184 g/mol. The summed E-state index contributed by atoms with van der Waals surface area (Å²) in [6.07, 6.45) is 5.28. The van der Waals surface area contributed by atoms with Gasteiger partial charge in [-0.15, -0.1) is 0 Å². The van der Waals surface area contributed by atoms with Crippen LogP contribution in [0.5, 0.6) is 0 Å². The Hall–Kier alpha value is -0.770. The van der Waals surface area contributed by atoms with Crippen molar-refractivity contribution in [3.63, 3.8) is 0 Å². The Morgan fingerprint density at radius 3 is 3.00 bits per heavy atom. The maximum Gasteiger partial charge on any atom is 0.347 e. The van der Waals surface area contributed by atoms with E-state index in [9.17, 15) is 4.79 Å². The van der Waals surface area contributed by atoms with Gasteiger partial charge in [0.05, 0.1) is 0 Å². The van der Waals surface area contributed by atoms with E-state index in [-0.39, 0.29) is 5.69 Å². The SMILES string of the molecule is O=c1ncccn1CCCCS. The van der Waals surface area contributed by atoms with Crippen LogP contribution in [0.1, 0.15) is 12.8 Å². The first kappa shape index (κ1) is 9.32. The summed E-state index contributed by atoms with van der Waals surface area (Å²) < 4.78 is 1.61. The van der Waals surface area contributed by atoms with E-state index < -0.39 is 0 Å². The number of thiol groups is 1. The van der Waals surface area contributed by atoms with Crippen LogP contribution in [0.15, 0.2) is 23.3 Å². The lowest BCUT2D eigenvalue weighted by Crippen LogP contribution is -2.21. The predicted molar refractivity (Wildman–Crippen MR) is 51.6 cm³/mol. The van der Waals surface area contributed by atoms with Crippen molar-refractivity contribution in [1.29, 1.82) is 0 Å². The molecule has 0 aromatic carbocycles. The highest BCUT2D eigenvalue weighted by molar-refractivity contribution is 7.80. The predicted octanol–water partition coefficient (Wildman–Crippen LogP) is 0.953. The van der Waals surface area contributed by atoms with Crippen LogP contribution < -0.4 is 5.69 Å². The van der Waals surface area contributed by atoms with Crippen molar-refractivity contribution in [2.75, 3.05) is 5.75 Å². The van der Waals surface area contributed by atoms with E-state index >= 15 is 0 Å². The van der Waals surface area contributed by atoms with E-state index in [0.29, 0.717) is 0 Å². The van der Waals surface area contributed by atoms with Gasteiger partial charge >= 0.3 is 5.69 Å². The highest BCUT2D eigenvalue weighted by atomic mass is 32.1. The Morgan fingerprint density at radius 2 is 2.33 bits per heavy atom. The lowest BCUT2D eigenvalue weighted by molar-refractivity contribution is 0.602. The van der Waals surface area contributed by atoms with Gasteiger partial charge in [0.25, 0.3) is 0 Å². The van der Waals surface area contributed by atoms with Crippen molar-refractivity contribution in [2.45, 2.75) is 19.4 Å². The van der Waals surface area contributed by atoms with Gasteiger partial charge in [-0.3, -0.25) is 4.57 Å². The number of nitrogens with zero attached hydrogens (tertiary/aromatic N) is 2. The minimum Gasteiger partial charge on any atom is -0.299 e. The van der Waals surface area contributed by atoms with Gasteiger partial charge in [0.1, 0.15) is 0 Å². The van der Waals surface area contributed by atoms with Crippen molar-refractivity contribution in [2.24, 2.45) is 0 Å². The van der Waals surface area contributed by atoms with Gasteiger partial charge in [-0.1, -0.05) is 0 Å². The first-order valence-electron chi connectivity index (χ1n) is 3.97. The third kappa shape index (κ3) is 2.70. The molecule has 0 amide bonds. The standard InChI is InChI=1S/C8H12N2OS/c11-8-9-4-3-6-10(8)5-1-2-7-12/h3-4,6,12H,1-2,5,7H2. The zero-order valence-corrected chi connectivity index (χ0v) is 7.70. The Morgan fingerprint density at radius 1 is 1.50 bits per heavy atom. The maximum atomic E-state index is 11.0. The number of aryl methyl sites for hydroxylation is 1. The molecule has 0 unspecified atom stereocenters. The molecular formula is C8H12N2OS. The Labute approximate surface area is 76.9 Å². The average Bonchev–Trinajstić information content (AvgIpc) is 2.09. The molecule has 0 N–H and O–H groups in total. The van der Waals surface area contributed by atoms with E-state index in [0.717, 1.165) is 25.1 Å². The highest BCUT2D eigenvalue weighted by Crippen LogP contribution is 1.93. The second-order valence-corrected chi connectivity index (χ2v) is 2.97. The third-order valence-corrected chi connectivity index (χ3v) is 1.91. The summed E-state index contributed by atoms with van der Waals surface area (Å²) in [7, 11) is 0. The van der Waals surface area contributed by atoms with Crippen molar-refractivity contribution in [3.05, 3.63) is 28.9 Å². The first-order valence-corrected chi connectivity index (χ1v) is 4.60. The van der Waals surface area contributed by atoms with Crippen LogP contribution >= 0.6 is 12.6 Å². The van der Waals surface area contributed by atoms with Gasteiger partial charge in [0, 0.05) is 18.9 Å². The monoisotopic (exact) mass is 184 g/mol. The van der Waals surface area contributed by atoms with Gasteiger partial charge in [-0.25, -0.2) is 9.78 Å². The number of hydrogen-bond donors (Lipinski definition) is 1. The van der Waals surface area contributed by atoms with E-state index in [1.54, 1.807) is 16.8 Å². The molecule has 66 valence electrons. The fourth-order valence-electron chi connectivity index (χ4n) is 0.951. The number of aromatic nitrogens is 2. The molecule has 0 aliphatic heterocycles. The summed E-state index contributed by atoms with van der Waals surface area (Å²) in [5.41, 5.74) is -0.170. The van der Waals surface area contributed by atoms with Gasteiger partial charge in [-0.05, 0) is 24.7 Å². The molecule has 0 aliphatic carbocycles.